The van der Waals surface area contributed by atoms with E-state index in [1.165, 1.54) is 5.56 Å². The summed E-state index contributed by atoms with van der Waals surface area (Å²) in [6, 6.07) is 8.08. The van der Waals surface area contributed by atoms with Crippen molar-refractivity contribution in [2.75, 3.05) is 38.2 Å². The molecule has 0 bridgehead atoms. The summed E-state index contributed by atoms with van der Waals surface area (Å²) in [5, 5.41) is 10.6. The minimum Gasteiger partial charge on any atom is -0.497 e. The number of nitrogens with zero attached hydrogens (tertiary/aromatic N) is 4. The van der Waals surface area contributed by atoms with E-state index in [2.05, 4.69) is 31.0 Å². The van der Waals surface area contributed by atoms with Crippen molar-refractivity contribution in [2.24, 2.45) is 0 Å². The van der Waals surface area contributed by atoms with Crippen LogP contribution in [0, 0.1) is 0 Å². The van der Waals surface area contributed by atoms with Crippen molar-refractivity contribution in [3.8, 4) is 17.0 Å². The van der Waals surface area contributed by atoms with Crippen LogP contribution in [-0.4, -0.2) is 53.4 Å². The Labute approximate surface area is 151 Å². The summed E-state index contributed by atoms with van der Waals surface area (Å²) in [6.45, 7) is 4.99. The third-order valence-corrected chi connectivity index (χ3v) is 5.36. The average molecular weight is 355 g/mol. The van der Waals surface area contributed by atoms with Crippen LogP contribution < -0.4 is 9.64 Å². The molecule has 0 amide bonds. The van der Waals surface area contributed by atoms with Crippen LogP contribution in [0.15, 0.2) is 42.0 Å². The number of rotatable bonds is 5. The third-order valence-electron chi connectivity index (χ3n) is 4.53. The van der Waals surface area contributed by atoms with Gasteiger partial charge in [0.1, 0.15) is 5.75 Å². The van der Waals surface area contributed by atoms with Crippen LogP contribution in [0.5, 0.6) is 5.75 Å². The Morgan fingerprint density at radius 1 is 1.24 bits per heavy atom. The molecule has 0 unspecified atom stereocenters. The number of thiazole rings is 1. The van der Waals surface area contributed by atoms with E-state index in [1.54, 1.807) is 18.4 Å². The number of aromatic nitrogens is 3. The fourth-order valence-electron chi connectivity index (χ4n) is 3.17. The molecule has 25 heavy (non-hydrogen) atoms. The molecule has 0 aliphatic carbocycles. The molecule has 130 valence electrons. The molecule has 6 nitrogen and oxygen atoms in total. The number of piperazine rings is 1. The van der Waals surface area contributed by atoms with E-state index in [0.29, 0.717) is 0 Å². The molecule has 3 heterocycles. The van der Waals surface area contributed by atoms with Gasteiger partial charge < -0.3 is 9.64 Å². The van der Waals surface area contributed by atoms with Crippen LogP contribution in [0.1, 0.15) is 5.56 Å². The number of H-pyrrole nitrogens is 1. The van der Waals surface area contributed by atoms with Crippen molar-refractivity contribution in [1.82, 2.24) is 20.1 Å². The van der Waals surface area contributed by atoms with Gasteiger partial charge in [-0.05, 0) is 12.1 Å². The van der Waals surface area contributed by atoms with Gasteiger partial charge >= 0.3 is 0 Å². The van der Waals surface area contributed by atoms with Gasteiger partial charge in [-0.3, -0.25) is 10.00 Å². The van der Waals surface area contributed by atoms with Gasteiger partial charge in [-0.2, -0.15) is 5.10 Å². The van der Waals surface area contributed by atoms with Gasteiger partial charge in [-0.25, -0.2) is 4.98 Å². The fraction of sp³-hybridized carbons (Fsp3) is 0.333. The standard InChI is InChI=1S/C18H21N5OS/c1-24-16-4-2-3-14(11-16)17-15(12-20-21-17)13-22-6-8-23(9-7-22)18-19-5-10-25-18/h2-5,10-12H,6-9,13H2,1H3,(H,20,21). The molecule has 3 aromatic rings. The molecule has 1 aliphatic rings. The van der Waals surface area contributed by atoms with Gasteiger partial charge in [-0.15, -0.1) is 11.3 Å². The van der Waals surface area contributed by atoms with Crippen molar-refractivity contribution < 1.29 is 4.74 Å². The van der Waals surface area contributed by atoms with Crippen LogP contribution in [0.4, 0.5) is 5.13 Å². The molecule has 0 saturated carbocycles. The van der Waals surface area contributed by atoms with Crippen LogP contribution in [0.3, 0.4) is 0 Å². The van der Waals surface area contributed by atoms with Crippen LogP contribution in [-0.2, 0) is 6.54 Å². The minimum atomic E-state index is 0.857. The number of hydrogen-bond acceptors (Lipinski definition) is 6. The second kappa shape index (κ2) is 7.25. The first-order chi connectivity index (χ1) is 12.3. The SMILES string of the molecule is COc1cccc(-c2[nH]ncc2CN2CCN(c3nccs3)CC2)c1. The molecule has 7 heteroatoms. The van der Waals surface area contributed by atoms with Crippen molar-refractivity contribution in [3.05, 3.63) is 47.6 Å². The monoisotopic (exact) mass is 355 g/mol. The minimum absolute atomic E-state index is 0.857. The van der Waals surface area contributed by atoms with E-state index in [-0.39, 0.29) is 0 Å². The number of anilines is 1. The lowest BCUT2D eigenvalue weighted by Crippen LogP contribution is -2.45. The summed E-state index contributed by atoms with van der Waals surface area (Å²) in [4.78, 5) is 9.24. The van der Waals surface area contributed by atoms with E-state index >= 15 is 0 Å². The molecular weight excluding hydrogens is 334 g/mol. The smallest absolute Gasteiger partial charge is 0.185 e. The van der Waals surface area contributed by atoms with Gasteiger partial charge in [0.15, 0.2) is 5.13 Å². The zero-order valence-corrected chi connectivity index (χ0v) is 15.0. The van der Waals surface area contributed by atoms with E-state index in [4.69, 9.17) is 4.74 Å². The maximum Gasteiger partial charge on any atom is 0.185 e. The molecule has 4 rings (SSSR count). The second-order valence-electron chi connectivity index (χ2n) is 6.08. The highest BCUT2D eigenvalue weighted by atomic mass is 32.1. The third kappa shape index (κ3) is 3.52. The molecule has 1 N–H and O–H groups in total. The number of hydrogen-bond donors (Lipinski definition) is 1. The lowest BCUT2D eigenvalue weighted by molar-refractivity contribution is 0.250. The topological polar surface area (TPSA) is 57.3 Å². The van der Waals surface area contributed by atoms with Gasteiger partial charge in [-0.1, -0.05) is 12.1 Å². The first-order valence-corrected chi connectivity index (χ1v) is 9.25. The largest absolute Gasteiger partial charge is 0.497 e. The van der Waals surface area contributed by atoms with E-state index in [9.17, 15) is 0 Å². The molecule has 0 atom stereocenters. The average Bonchev–Trinajstić information content (AvgIpc) is 3.34. The Balaban J connectivity index is 1.43. The highest BCUT2D eigenvalue weighted by Gasteiger charge is 2.20. The second-order valence-corrected chi connectivity index (χ2v) is 6.95. The molecule has 1 saturated heterocycles. The number of nitrogens with one attached hydrogen (secondary N) is 1. The highest BCUT2D eigenvalue weighted by Crippen LogP contribution is 2.26. The van der Waals surface area contributed by atoms with Crippen LogP contribution in [0.2, 0.25) is 0 Å². The first kappa shape index (κ1) is 16.1. The summed E-state index contributed by atoms with van der Waals surface area (Å²) in [5.74, 6) is 0.857. The normalized spacial score (nSPS) is 15.5. The molecule has 0 spiro atoms. The summed E-state index contributed by atoms with van der Waals surface area (Å²) in [7, 11) is 1.69. The van der Waals surface area contributed by atoms with Gasteiger partial charge in [0.2, 0.25) is 0 Å². The van der Waals surface area contributed by atoms with Crippen molar-refractivity contribution in [3.63, 3.8) is 0 Å². The van der Waals surface area contributed by atoms with E-state index in [0.717, 1.165) is 54.9 Å². The summed E-state index contributed by atoms with van der Waals surface area (Å²) >= 11 is 1.71. The Morgan fingerprint density at radius 3 is 2.88 bits per heavy atom. The lowest BCUT2D eigenvalue weighted by atomic mass is 10.1. The number of aromatic amines is 1. The van der Waals surface area contributed by atoms with Crippen molar-refractivity contribution >= 4 is 16.5 Å². The fourth-order valence-corrected chi connectivity index (χ4v) is 3.87. The van der Waals surface area contributed by atoms with Gasteiger partial charge in [0.25, 0.3) is 0 Å². The Kier molecular flexibility index (Phi) is 4.67. The lowest BCUT2D eigenvalue weighted by Gasteiger charge is -2.34. The summed E-state index contributed by atoms with van der Waals surface area (Å²) in [6.07, 6.45) is 3.81. The molecule has 0 radical (unpaired) electrons. The molecule has 1 aliphatic heterocycles. The number of methoxy groups -OCH3 is 1. The predicted molar refractivity (Wildman–Crippen MR) is 100 cm³/mol. The zero-order valence-electron chi connectivity index (χ0n) is 14.2. The van der Waals surface area contributed by atoms with E-state index < -0.39 is 0 Å². The van der Waals surface area contributed by atoms with Crippen molar-refractivity contribution in [1.29, 1.82) is 0 Å². The van der Waals surface area contributed by atoms with Gasteiger partial charge in [0.05, 0.1) is 19.0 Å². The Hall–Kier alpha value is -2.38. The molecular formula is C18H21N5OS. The summed E-state index contributed by atoms with van der Waals surface area (Å²) in [5.41, 5.74) is 3.39. The molecule has 1 fully saturated rings. The van der Waals surface area contributed by atoms with Gasteiger partial charge in [0, 0.05) is 55.4 Å². The maximum absolute atomic E-state index is 5.33. The summed E-state index contributed by atoms with van der Waals surface area (Å²) < 4.78 is 5.33. The Bertz CT molecular complexity index is 809. The predicted octanol–water partition coefficient (Wildman–Crippen LogP) is 2.86. The maximum atomic E-state index is 5.33. The number of ether oxygens (including phenoxy) is 1. The van der Waals surface area contributed by atoms with E-state index in [1.807, 2.05) is 36.0 Å². The highest BCUT2D eigenvalue weighted by molar-refractivity contribution is 7.13. The van der Waals surface area contributed by atoms with Crippen LogP contribution >= 0.6 is 11.3 Å². The Morgan fingerprint density at radius 2 is 2.12 bits per heavy atom. The molecule has 2 aromatic heterocycles. The zero-order chi connectivity index (χ0) is 17.1. The van der Waals surface area contributed by atoms with Crippen LogP contribution in [0.25, 0.3) is 11.3 Å². The van der Waals surface area contributed by atoms with Crippen molar-refractivity contribution in [2.45, 2.75) is 6.54 Å². The molecule has 1 aromatic carbocycles. The number of benzene rings is 1. The first-order valence-electron chi connectivity index (χ1n) is 8.37. The quantitative estimate of drug-likeness (QED) is 0.763.